The van der Waals surface area contributed by atoms with Crippen molar-refractivity contribution in [2.24, 2.45) is 11.0 Å². The van der Waals surface area contributed by atoms with Gasteiger partial charge in [0, 0.05) is 48.6 Å². The lowest BCUT2D eigenvalue weighted by molar-refractivity contribution is -0.170. The smallest absolute Gasteiger partial charge is 0.464 e. The van der Waals surface area contributed by atoms with Crippen LogP contribution in [0.15, 0.2) is 40.4 Å². The Hall–Kier alpha value is -6.67. The summed E-state index contributed by atoms with van der Waals surface area (Å²) < 4.78 is 95.3. The van der Waals surface area contributed by atoms with Gasteiger partial charge in [-0.05, 0) is 42.1 Å². The molecule has 2 heterocycles. The SMILES string of the molecule is CC(C)COC(=O)[C@H](CCC(=O)NCCNC(=O)CCOCCOCCOCCOCCOCCOCCOCCOCCOCCN=[N+]=[N-])NC(=O)c1ccc(N(Cc2cnc3nc(N)[nH]c(=O)c3n2)C(=O)C(F)(F)F)cc1. The second kappa shape index (κ2) is 39.7. The molecule has 28 nitrogen and oxygen atoms in total. The molecule has 0 saturated heterocycles. The fourth-order valence-corrected chi connectivity index (χ4v) is 6.31. The summed E-state index contributed by atoms with van der Waals surface area (Å²) in [5.74, 6) is -5.05. The van der Waals surface area contributed by atoms with Crippen LogP contribution in [0.3, 0.4) is 0 Å². The maximum absolute atomic E-state index is 13.7. The van der Waals surface area contributed by atoms with Crippen LogP contribution >= 0.6 is 0 Å². The number of fused-ring (bicyclic) bond motifs is 1. The second-order valence-electron chi connectivity index (χ2n) is 16.9. The zero-order valence-corrected chi connectivity index (χ0v) is 44.3. The number of benzene rings is 1. The maximum Gasteiger partial charge on any atom is 0.471 e. The number of carbonyl (C=O) groups excluding carboxylic acids is 5. The summed E-state index contributed by atoms with van der Waals surface area (Å²) >= 11 is 0. The Kier molecular flexibility index (Phi) is 33.4. The van der Waals surface area contributed by atoms with E-state index in [0.717, 1.165) is 30.5 Å². The molecule has 2 aromatic heterocycles. The highest BCUT2D eigenvalue weighted by atomic mass is 19.4. The summed E-state index contributed by atoms with van der Waals surface area (Å²) in [7, 11) is 0. The molecule has 79 heavy (non-hydrogen) atoms. The molecule has 1 atom stereocenters. The van der Waals surface area contributed by atoms with Crippen LogP contribution in [0.2, 0.25) is 0 Å². The van der Waals surface area contributed by atoms with Crippen LogP contribution in [0.5, 0.6) is 0 Å². The topological polar surface area (TPSA) is 363 Å². The molecule has 0 aliphatic heterocycles. The van der Waals surface area contributed by atoms with E-state index >= 15 is 0 Å². The highest BCUT2D eigenvalue weighted by Gasteiger charge is 2.43. The largest absolute Gasteiger partial charge is 0.471 e. The standard InChI is InChI=1S/C48H71F3N12O16/c1-34(2)33-79-45(68)38(59-43(66)35-3-5-37(6-4-35)63(46(69)48(49,50)51)32-36-31-56-42-41(58-36)44(67)61-47(52)60-42)7-8-39(64)54-10-11-55-40(65)9-13-70-15-17-72-19-21-74-23-25-76-27-29-78-30-28-77-26-24-75-22-20-73-18-16-71-14-12-57-62-53/h3-6,31,34,38H,7-30,32-33H2,1-2H3,(H,54,64)(H,55,65)(H,59,66)(H3,52,56,60,61,67)/t38-/m0/s1. The molecule has 0 bridgehead atoms. The number of anilines is 2. The Labute approximate surface area is 453 Å². The molecule has 31 heteroatoms. The zero-order valence-electron chi connectivity index (χ0n) is 44.3. The average Bonchev–Trinajstić information content (AvgIpc) is 3.51. The Balaban J connectivity index is 1.22. The van der Waals surface area contributed by atoms with Gasteiger partial charge in [0.15, 0.2) is 11.2 Å². The van der Waals surface area contributed by atoms with E-state index in [1.54, 1.807) is 13.8 Å². The molecule has 0 aliphatic carbocycles. The van der Waals surface area contributed by atoms with Gasteiger partial charge < -0.3 is 69.1 Å². The number of aromatic nitrogens is 4. The van der Waals surface area contributed by atoms with E-state index in [-0.39, 0.29) is 98.1 Å². The molecule has 0 fully saturated rings. The molecular weight excluding hydrogens is 1060 g/mol. The summed E-state index contributed by atoms with van der Waals surface area (Å²) in [6.45, 7) is 10.2. The number of nitrogens with two attached hydrogens (primary N) is 1. The molecule has 6 N–H and O–H groups in total. The van der Waals surface area contributed by atoms with Gasteiger partial charge >= 0.3 is 18.1 Å². The van der Waals surface area contributed by atoms with Gasteiger partial charge in [-0.2, -0.15) is 18.2 Å². The lowest BCUT2D eigenvalue weighted by Gasteiger charge is -2.24. The van der Waals surface area contributed by atoms with E-state index in [0.29, 0.717) is 117 Å². The number of rotatable bonds is 44. The highest BCUT2D eigenvalue weighted by molar-refractivity contribution is 5.99. The van der Waals surface area contributed by atoms with Crippen molar-refractivity contribution in [3.05, 3.63) is 62.5 Å². The number of nitrogen functional groups attached to an aromatic ring is 1. The number of azide groups is 1. The van der Waals surface area contributed by atoms with Crippen LogP contribution in [0.25, 0.3) is 21.6 Å². The quantitative estimate of drug-likeness (QED) is 0.0176. The van der Waals surface area contributed by atoms with Crippen LogP contribution in [-0.4, -0.2) is 207 Å². The van der Waals surface area contributed by atoms with Crippen molar-refractivity contribution in [2.75, 3.05) is 156 Å². The first-order chi connectivity index (χ1) is 38.1. The van der Waals surface area contributed by atoms with E-state index in [1.807, 2.05) is 0 Å². The number of H-pyrrole nitrogens is 1. The second-order valence-corrected chi connectivity index (χ2v) is 16.9. The fraction of sp³-hybridized carbons (Fsp3) is 0.646. The van der Waals surface area contributed by atoms with Crippen LogP contribution in [0, 0.1) is 5.92 Å². The minimum atomic E-state index is -5.33. The molecule has 3 rings (SSSR count). The van der Waals surface area contributed by atoms with Crippen molar-refractivity contribution < 1.29 is 84.5 Å². The number of hydrogen-bond acceptors (Lipinski definition) is 21. The van der Waals surface area contributed by atoms with Crippen molar-refractivity contribution in [1.82, 2.24) is 35.9 Å². The van der Waals surface area contributed by atoms with E-state index in [9.17, 15) is 41.9 Å². The molecular formula is C48H71F3N12O16. The summed E-state index contributed by atoms with van der Waals surface area (Å²) in [4.78, 5) is 93.1. The van der Waals surface area contributed by atoms with Gasteiger partial charge in [0.05, 0.1) is 144 Å². The predicted molar refractivity (Wildman–Crippen MR) is 274 cm³/mol. The van der Waals surface area contributed by atoms with Gasteiger partial charge in [0.1, 0.15) is 6.04 Å². The first kappa shape index (κ1) is 66.6. The number of carbonyl (C=O) groups is 5. The minimum absolute atomic E-state index is 0.0143. The Morgan fingerprint density at radius 2 is 1.20 bits per heavy atom. The summed E-state index contributed by atoms with van der Waals surface area (Å²) in [5, 5.41) is 11.2. The lowest BCUT2D eigenvalue weighted by Crippen LogP contribution is -2.43. The Morgan fingerprint density at radius 1 is 0.722 bits per heavy atom. The van der Waals surface area contributed by atoms with E-state index in [1.165, 1.54) is 0 Å². The van der Waals surface area contributed by atoms with E-state index < -0.39 is 48.0 Å². The number of ether oxygens (including phenoxy) is 10. The van der Waals surface area contributed by atoms with Crippen molar-refractivity contribution in [3.8, 4) is 0 Å². The molecule has 3 aromatic rings. The van der Waals surface area contributed by atoms with Gasteiger partial charge in [0.25, 0.3) is 11.5 Å². The molecule has 1 aromatic carbocycles. The maximum atomic E-state index is 13.7. The van der Waals surface area contributed by atoms with Crippen molar-refractivity contribution in [2.45, 2.75) is 51.9 Å². The number of aromatic amines is 1. The number of halogens is 3. The summed E-state index contributed by atoms with van der Waals surface area (Å²) in [6, 6.07) is 3.09. The minimum Gasteiger partial charge on any atom is -0.464 e. The van der Waals surface area contributed by atoms with Gasteiger partial charge in [-0.15, -0.1) is 0 Å². The van der Waals surface area contributed by atoms with Gasteiger partial charge in [-0.25, -0.2) is 14.8 Å². The molecule has 0 unspecified atom stereocenters. The lowest BCUT2D eigenvalue weighted by atomic mass is 10.1. The monoisotopic (exact) mass is 1130 g/mol. The van der Waals surface area contributed by atoms with Crippen molar-refractivity contribution >= 4 is 52.4 Å². The number of nitrogens with one attached hydrogen (secondary N) is 4. The van der Waals surface area contributed by atoms with Crippen LogP contribution in [-0.2, 0) is 73.1 Å². The van der Waals surface area contributed by atoms with Crippen molar-refractivity contribution in [3.63, 3.8) is 0 Å². The number of nitrogens with zero attached hydrogens (tertiary/aromatic N) is 7. The molecule has 0 saturated carbocycles. The zero-order chi connectivity index (χ0) is 57.5. The first-order valence-electron chi connectivity index (χ1n) is 25.3. The van der Waals surface area contributed by atoms with Crippen LogP contribution < -0.4 is 32.1 Å². The summed E-state index contributed by atoms with van der Waals surface area (Å²) in [6.07, 6.45) is -4.66. The molecule has 440 valence electrons. The molecule has 0 spiro atoms. The average molecular weight is 1130 g/mol. The third kappa shape index (κ3) is 29.8. The Bertz CT molecular complexity index is 2380. The van der Waals surface area contributed by atoms with Gasteiger partial charge in [-0.3, -0.25) is 33.9 Å². The molecule has 0 radical (unpaired) electrons. The third-order valence-electron chi connectivity index (χ3n) is 10.2. The molecule has 4 amide bonds. The van der Waals surface area contributed by atoms with Crippen LogP contribution in [0.1, 0.15) is 49.2 Å². The highest BCUT2D eigenvalue weighted by Crippen LogP contribution is 2.26. The molecule has 0 aliphatic rings. The van der Waals surface area contributed by atoms with Crippen molar-refractivity contribution in [1.29, 1.82) is 0 Å². The number of alkyl halides is 3. The number of amides is 4. The third-order valence-corrected chi connectivity index (χ3v) is 10.2. The number of esters is 1. The first-order valence-corrected chi connectivity index (χ1v) is 25.3. The normalized spacial score (nSPS) is 11.8. The van der Waals surface area contributed by atoms with Gasteiger partial charge in [-0.1, -0.05) is 19.0 Å². The van der Waals surface area contributed by atoms with E-state index in [2.05, 4.69) is 45.9 Å². The fourth-order valence-electron chi connectivity index (χ4n) is 6.31. The summed E-state index contributed by atoms with van der Waals surface area (Å²) in [5.41, 5.74) is 11.8. The van der Waals surface area contributed by atoms with E-state index in [4.69, 9.17) is 58.6 Å². The van der Waals surface area contributed by atoms with Gasteiger partial charge in [0.2, 0.25) is 17.8 Å². The number of hydrogen-bond donors (Lipinski definition) is 5. The Morgan fingerprint density at radius 3 is 1.68 bits per heavy atom. The predicted octanol–water partition coefficient (Wildman–Crippen LogP) is 1.55. The van der Waals surface area contributed by atoms with Crippen LogP contribution in [0.4, 0.5) is 24.8 Å².